The van der Waals surface area contributed by atoms with Gasteiger partial charge < -0.3 is 10.1 Å². The molecule has 0 aromatic carbocycles. The van der Waals surface area contributed by atoms with E-state index in [1.165, 1.54) is 7.11 Å². The van der Waals surface area contributed by atoms with Gasteiger partial charge in [0.2, 0.25) is 0 Å². The third-order valence-corrected chi connectivity index (χ3v) is 2.88. The summed E-state index contributed by atoms with van der Waals surface area (Å²) in [6, 6.07) is 0.292. The third kappa shape index (κ3) is 2.48. The van der Waals surface area contributed by atoms with E-state index in [0.717, 1.165) is 25.1 Å². The summed E-state index contributed by atoms with van der Waals surface area (Å²) < 4.78 is 4.74. The molecule has 1 saturated carbocycles. The van der Waals surface area contributed by atoms with E-state index in [4.69, 9.17) is 4.74 Å². The standard InChI is InChI=1S/C11H15N3O2/c1-16-11(15)8-2-3-9(6-8)14-10-7-12-4-5-13-10/h4-5,7-9H,2-3,6H2,1H3,(H,13,14)/t8-,9+/m0/s1. The SMILES string of the molecule is COC(=O)[C@H]1CC[C@@H](Nc2cnccn2)C1. The van der Waals surface area contributed by atoms with E-state index >= 15 is 0 Å². The molecule has 0 bridgehead atoms. The lowest BCUT2D eigenvalue weighted by atomic mass is 10.1. The minimum absolute atomic E-state index is 0.0270. The maximum atomic E-state index is 11.3. The van der Waals surface area contributed by atoms with E-state index < -0.39 is 0 Å². The predicted octanol–water partition coefficient (Wildman–Crippen LogP) is 1.23. The van der Waals surface area contributed by atoms with Gasteiger partial charge in [0.15, 0.2) is 0 Å². The molecule has 1 aromatic rings. The number of nitrogens with zero attached hydrogens (tertiary/aromatic N) is 2. The van der Waals surface area contributed by atoms with Crippen LogP contribution in [0.1, 0.15) is 19.3 Å². The summed E-state index contributed by atoms with van der Waals surface area (Å²) in [5, 5.41) is 3.27. The molecule has 16 heavy (non-hydrogen) atoms. The zero-order valence-corrected chi connectivity index (χ0v) is 9.22. The zero-order chi connectivity index (χ0) is 11.4. The van der Waals surface area contributed by atoms with E-state index in [0.29, 0.717) is 6.04 Å². The van der Waals surface area contributed by atoms with Gasteiger partial charge in [-0.05, 0) is 19.3 Å². The van der Waals surface area contributed by atoms with Crippen molar-refractivity contribution in [1.82, 2.24) is 9.97 Å². The minimum atomic E-state index is -0.108. The number of ether oxygens (including phenoxy) is 1. The van der Waals surface area contributed by atoms with Crippen molar-refractivity contribution in [1.29, 1.82) is 0 Å². The summed E-state index contributed by atoms with van der Waals surface area (Å²) in [6.07, 6.45) is 7.63. The number of methoxy groups -OCH3 is 1. The van der Waals surface area contributed by atoms with Crippen molar-refractivity contribution in [3.63, 3.8) is 0 Å². The Morgan fingerprint density at radius 1 is 1.50 bits per heavy atom. The van der Waals surface area contributed by atoms with Gasteiger partial charge in [-0.25, -0.2) is 4.98 Å². The van der Waals surface area contributed by atoms with Gasteiger partial charge in [-0.2, -0.15) is 0 Å². The normalized spacial score (nSPS) is 24.1. The quantitative estimate of drug-likeness (QED) is 0.778. The number of carbonyl (C=O) groups excluding carboxylic acids is 1. The number of nitrogens with one attached hydrogen (secondary N) is 1. The molecule has 2 atom stereocenters. The van der Waals surface area contributed by atoms with E-state index in [-0.39, 0.29) is 11.9 Å². The Hall–Kier alpha value is -1.65. The van der Waals surface area contributed by atoms with Crippen molar-refractivity contribution in [2.24, 2.45) is 5.92 Å². The van der Waals surface area contributed by atoms with Crippen LogP contribution >= 0.6 is 0 Å². The number of anilines is 1. The minimum Gasteiger partial charge on any atom is -0.469 e. The van der Waals surface area contributed by atoms with Gasteiger partial charge in [-0.1, -0.05) is 0 Å². The van der Waals surface area contributed by atoms with Crippen LogP contribution in [-0.2, 0) is 9.53 Å². The fourth-order valence-corrected chi connectivity index (χ4v) is 2.08. The Morgan fingerprint density at radius 2 is 2.38 bits per heavy atom. The fourth-order valence-electron chi connectivity index (χ4n) is 2.08. The predicted molar refractivity (Wildman–Crippen MR) is 58.8 cm³/mol. The highest BCUT2D eigenvalue weighted by atomic mass is 16.5. The Bertz CT molecular complexity index is 356. The molecular formula is C11H15N3O2. The summed E-state index contributed by atoms with van der Waals surface area (Å²) in [5.41, 5.74) is 0. The second kappa shape index (κ2) is 4.92. The lowest BCUT2D eigenvalue weighted by Gasteiger charge is -2.12. The molecule has 1 aliphatic carbocycles. The molecule has 1 heterocycles. The highest BCUT2D eigenvalue weighted by Gasteiger charge is 2.30. The summed E-state index contributed by atoms with van der Waals surface area (Å²) in [6.45, 7) is 0. The number of rotatable bonds is 3. The van der Waals surface area contributed by atoms with Crippen molar-refractivity contribution in [3.8, 4) is 0 Å². The molecule has 5 nitrogen and oxygen atoms in total. The molecule has 0 saturated heterocycles. The van der Waals surface area contributed by atoms with Crippen LogP contribution < -0.4 is 5.32 Å². The second-order valence-electron chi connectivity index (χ2n) is 3.97. The van der Waals surface area contributed by atoms with E-state index in [1.807, 2.05) is 0 Å². The van der Waals surface area contributed by atoms with Crippen molar-refractivity contribution in [3.05, 3.63) is 18.6 Å². The molecule has 1 N–H and O–H groups in total. The van der Waals surface area contributed by atoms with Gasteiger partial charge in [-0.3, -0.25) is 9.78 Å². The second-order valence-corrected chi connectivity index (χ2v) is 3.97. The average molecular weight is 221 g/mol. The molecule has 5 heteroatoms. The number of carbonyl (C=O) groups is 1. The van der Waals surface area contributed by atoms with Crippen LogP contribution in [0.3, 0.4) is 0 Å². The van der Waals surface area contributed by atoms with Gasteiger partial charge in [0.1, 0.15) is 5.82 Å². The molecule has 1 aliphatic rings. The molecular weight excluding hydrogens is 206 g/mol. The summed E-state index contributed by atoms with van der Waals surface area (Å²) in [7, 11) is 1.44. The molecule has 0 unspecified atom stereocenters. The van der Waals surface area contributed by atoms with Crippen LogP contribution in [0.2, 0.25) is 0 Å². The van der Waals surface area contributed by atoms with Gasteiger partial charge in [0.25, 0.3) is 0 Å². The van der Waals surface area contributed by atoms with Gasteiger partial charge >= 0.3 is 5.97 Å². The van der Waals surface area contributed by atoms with Gasteiger partial charge in [-0.15, -0.1) is 0 Å². The van der Waals surface area contributed by atoms with E-state index in [2.05, 4.69) is 15.3 Å². The van der Waals surface area contributed by atoms with Crippen LogP contribution in [-0.4, -0.2) is 29.1 Å². The lowest BCUT2D eigenvalue weighted by Crippen LogP contribution is -2.19. The first kappa shape index (κ1) is 10.9. The average Bonchev–Trinajstić information content (AvgIpc) is 2.78. The van der Waals surface area contributed by atoms with Crippen LogP contribution in [0.25, 0.3) is 0 Å². The van der Waals surface area contributed by atoms with Crippen LogP contribution in [0, 0.1) is 5.92 Å². The molecule has 86 valence electrons. The van der Waals surface area contributed by atoms with E-state index in [1.54, 1.807) is 18.6 Å². The third-order valence-electron chi connectivity index (χ3n) is 2.88. The summed E-state index contributed by atoms with van der Waals surface area (Å²) >= 11 is 0. The smallest absolute Gasteiger partial charge is 0.308 e. The first-order chi connectivity index (χ1) is 7.79. The maximum absolute atomic E-state index is 11.3. The van der Waals surface area contributed by atoms with Crippen LogP contribution in [0.5, 0.6) is 0 Å². The first-order valence-corrected chi connectivity index (χ1v) is 5.40. The van der Waals surface area contributed by atoms with Crippen LogP contribution in [0.4, 0.5) is 5.82 Å². The lowest BCUT2D eigenvalue weighted by molar-refractivity contribution is -0.145. The highest BCUT2D eigenvalue weighted by molar-refractivity contribution is 5.72. The number of esters is 1. The summed E-state index contributed by atoms with van der Waals surface area (Å²) in [4.78, 5) is 19.5. The Labute approximate surface area is 94.2 Å². The van der Waals surface area contributed by atoms with Crippen LogP contribution in [0.15, 0.2) is 18.6 Å². The monoisotopic (exact) mass is 221 g/mol. The summed E-state index contributed by atoms with van der Waals surface area (Å²) in [5.74, 6) is 0.681. The number of hydrogen-bond acceptors (Lipinski definition) is 5. The van der Waals surface area contributed by atoms with Crippen molar-refractivity contribution >= 4 is 11.8 Å². The maximum Gasteiger partial charge on any atom is 0.308 e. The van der Waals surface area contributed by atoms with Crippen molar-refractivity contribution < 1.29 is 9.53 Å². The van der Waals surface area contributed by atoms with Gasteiger partial charge in [0.05, 0.1) is 19.2 Å². The van der Waals surface area contributed by atoms with Gasteiger partial charge in [0, 0.05) is 18.4 Å². The largest absolute Gasteiger partial charge is 0.469 e. The number of hydrogen-bond donors (Lipinski definition) is 1. The molecule has 2 rings (SSSR count). The molecule has 0 aliphatic heterocycles. The molecule has 0 spiro atoms. The Morgan fingerprint density at radius 3 is 3.06 bits per heavy atom. The molecule has 1 fully saturated rings. The fraction of sp³-hybridized carbons (Fsp3) is 0.545. The van der Waals surface area contributed by atoms with Crippen molar-refractivity contribution in [2.45, 2.75) is 25.3 Å². The molecule has 1 aromatic heterocycles. The zero-order valence-electron chi connectivity index (χ0n) is 9.22. The Kier molecular flexibility index (Phi) is 3.34. The molecule has 0 amide bonds. The first-order valence-electron chi connectivity index (χ1n) is 5.40. The Balaban J connectivity index is 1.88. The number of aromatic nitrogens is 2. The van der Waals surface area contributed by atoms with E-state index in [9.17, 15) is 4.79 Å². The topological polar surface area (TPSA) is 64.1 Å². The molecule has 0 radical (unpaired) electrons. The highest BCUT2D eigenvalue weighted by Crippen LogP contribution is 2.28. The van der Waals surface area contributed by atoms with Crippen molar-refractivity contribution in [2.75, 3.05) is 12.4 Å².